The van der Waals surface area contributed by atoms with E-state index in [1.807, 2.05) is 28.1 Å². The number of phosphoric ester groups is 1. The van der Waals surface area contributed by atoms with Gasteiger partial charge in [0, 0.05) is 12.8 Å². The second-order valence-electron chi connectivity index (χ2n) is 9.56. The molecule has 0 aliphatic rings. The van der Waals surface area contributed by atoms with E-state index in [1.54, 1.807) is 0 Å². The van der Waals surface area contributed by atoms with Gasteiger partial charge in [-0.15, -0.1) is 0 Å². The number of hydrogen-bond donors (Lipinski definition) is 2. The van der Waals surface area contributed by atoms with E-state index in [-0.39, 0.29) is 25.6 Å². The summed E-state index contributed by atoms with van der Waals surface area (Å²) in [6.45, 7) is 2.32. The summed E-state index contributed by atoms with van der Waals surface area (Å²) in [6.07, 6.45) is 10.8. The van der Waals surface area contributed by atoms with E-state index in [0.29, 0.717) is 23.9 Å². The molecule has 0 aromatic carbocycles. The quantitative estimate of drug-likeness (QED) is 0.0939. The summed E-state index contributed by atoms with van der Waals surface area (Å²) >= 11 is 0. The highest BCUT2D eigenvalue weighted by molar-refractivity contribution is 7.47. The van der Waals surface area contributed by atoms with Crippen molar-refractivity contribution in [1.29, 1.82) is 0 Å². The van der Waals surface area contributed by atoms with Crippen LogP contribution < -0.4 is 0 Å². The van der Waals surface area contributed by atoms with E-state index in [9.17, 15) is 19.0 Å². The zero-order chi connectivity index (χ0) is 25.2. The van der Waals surface area contributed by atoms with Crippen LogP contribution in [0.3, 0.4) is 0 Å². The number of esters is 1. The fourth-order valence-electron chi connectivity index (χ4n) is 3.08. The van der Waals surface area contributed by atoms with Gasteiger partial charge in [0.2, 0.25) is 0 Å². The van der Waals surface area contributed by atoms with Gasteiger partial charge in [-0.05, 0) is 19.3 Å². The van der Waals surface area contributed by atoms with Gasteiger partial charge in [-0.3, -0.25) is 18.6 Å². The molecule has 0 aromatic rings. The van der Waals surface area contributed by atoms with Crippen molar-refractivity contribution in [2.24, 2.45) is 0 Å². The molecule has 0 aliphatic heterocycles. The molecule has 0 fully saturated rings. The largest absolute Gasteiger partial charge is 0.481 e. The Morgan fingerprint density at radius 1 is 0.848 bits per heavy atom. The summed E-state index contributed by atoms with van der Waals surface area (Å²) < 4.78 is 27.9. The molecule has 0 spiro atoms. The highest BCUT2D eigenvalue weighted by Crippen LogP contribution is 2.43. The molecule has 0 bridgehead atoms. The minimum absolute atomic E-state index is 0.0979. The number of ether oxygens (including phenoxy) is 1. The first-order chi connectivity index (χ1) is 15.4. The standard InChI is InChI=1S/C23H46NO8P/c1-5-21(20-31-33(28,29)30-19-18-24(2,3)4)32-23(27)17-15-13-11-9-7-6-8-10-12-14-16-22(25)26/h21H,5-20H2,1-4H3,(H-,25,26,28,29)/p+1. The van der Waals surface area contributed by atoms with Crippen molar-refractivity contribution in [3.05, 3.63) is 0 Å². The van der Waals surface area contributed by atoms with Gasteiger partial charge in [0.25, 0.3) is 0 Å². The number of hydrogen-bond acceptors (Lipinski definition) is 6. The Morgan fingerprint density at radius 2 is 1.33 bits per heavy atom. The lowest BCUT2D eigenvalue weighted by molar-refractivity contribution is -0.870. The maximum Gasteiger partial charge on any atom is 0.472 e. The van der Waals surface area contributed by atoms with E-state index < -0.39 is 19.9 Å². The number of aliphatic carboxylic acids is 1. The molecule has 0 saturated heterocycles. The van der Waals surface area contributed by atoms with Crippen LogP contribution in [-0.2, 0) is 27.9 Å². The second kappa shape index (κ2) is 18.4. The van der Waals surface area contributed by atoms with Crippen LogP contribution in [0.15, 0.2) is 0 Å². The molecule has 2 unspecified atom stereocenters. The number of carboxylic acids is 1. The summed E-state index contributed by atoms with van der Waals surface area (Å²) in [4.78, 5) is 32.2. The third kappa shape index (κ3) is 22.6. The average Bonchev–Trinajstić information content (AvgIpc) is 2.70. The van der Waals surface area contributed by atoms with E-state index in [1.165, 1.54) is 6.42 Å². The van der Waals surface area contributed by atoms with E-state index in [0.717, 1.165) is 57.8 Å². The zero-order valence-electron chi connectivity index (χ0n) is 21.1. The zero-order valence-corrected chi connectivity index (χ0v) is 22.0. The lowest BCUT2D eigenvalue weighted by Gasteiger charge is -2.24. The summed E-state index contributed by atoms with van der Waals surface area (Å²) in [5.41, 5.74) is 0. The molecule has 0 heterocycles. The van der Waals surface area contributed by atoms with Crippen molar-refractivity contribution in [3.8, 4) is 0 Å². The van der Waals surface area contributed by atoms with E-state index in [4.69, 9.17) is 18.9 Å². The number of carboxylic acid groups (broad SMARTS) is 1. The molecule has 9 nitrogen and oxygen atoms in total. The van der Waals surface area contributed by atoms with Gasteiger partial charge in [0.15, 0.2) is 0 Å². The van der Waals surface area contributed by atoms with Crippen LogP contribution >= 0.6 is 7.82 Å². The monoisotopic (exact) mass is 496 g/mol. The van der Waals surface area contributed by atoms with Crippen LogP contribution in [0, 0.1) is 0 Å². The molecule has 0 aromatic heterocycles. The molecule has 0 radical (unpaired) electrons. The Bertz CT molecular complexity index is 579. The average molecular weight is 497 g/mol. The molecule has 2 atom stereocenters. The minimum Gasteiger partial charge on any atom is -0.481 e. The van der Waals surface area contributed by atoms with Crippen molar-refractivity contribution < 1.29 is 42.4 Å². The fraction of sp³-hybridized carbons (Fsp3) is 0.913. The predicted molar refractivity (Wildman–Crippen MR) is 128 cm³/mol. The van der Waals surface area contributed by atoms with Crippen LogP contribution in [0.1, 0.15) is 90.4 Å². The molecule has 0 saturated carbocycles. The molecule has 0 aliphatic carbocycles. The first kappa shape index (κ1) is 32.0. The SMILES string of the molecule is CCC(COP(=O)(O)OCC[N+](C)(C)C)OC(=O)CCCCCCCCCCCCC(=O)O. The Labute approximate surface area is 200 Å². The number of likely N-dealkylation sites (N-methyl/N-ethyl adjacent to an activating group) is 1. The highest BCUT2D eigenvalue weighted by Gasteiger charge is 2.25. The Balaban J connectivity index is 3.77. The number of carbonyl (C=O) groups excluding carboxylic acids is 1. The minimum atomic E-state index is -4.17. The summed E-state index contributed by atoms with van der Waals surface area (Å²) in [6, 6.07) is 0. The fourth-order valence-corrected chi connectivity index (χ4v) is 3.83. The maximum absolute atomic E-state index is 12.0. The summed E-state index contributed by atoms with van der Waals surface area (Å²) in [5.74, 6) is -1.03. The van der Waals surface area contributed by atoms with Gasteiger partial charge >= 0.3 is 19.8 Å². The number of carbonyl (C=O) groups is 2. The lowest BCUT2D eigenvalue weighted by Crippen LogP contribution is -2.37. The predicted octanol–water partition coefficient (Wildman–Crippen LogP) is 4.91. The molecular formula is C23H47NO8P+. The van der Waals surface area contributed by atoms with Gasteiger partial charge in [-0.1, -0.05) is 58.3 Å². The summed E-state index contributed by atoms with van der Waals surface area (Å²) in [5, 5.41) is 8.59. The normalized spacial score (nSPS) is 14.6. The van der Waals surface area contributed by atoms with Crippen molar-refractivity contribution >= 4 is 19.8 Å². The van der Waals surface area contributed by atoms with Crippen LogP contribution in [0.25, 0.3) is 0 Å². The Kier molecular flexibility index (Phi) is 17.8. The van der Waals surface area contributed by atoms with E-state index in [2.05, 4.69) is 0 Å². The molecule has 0 rings (SSSR count). The van der Waals surface area contributed by atoms with Crippen molar-refractivity contribution in [2.75, 3.05) is 40.9 Å². The number of quaternary nitrogens is 1. The highest BCUT2D eigenvalue weighted by atomic mass is 31.2. The molecule has 10 heteroatoms. The lowest BCUT2D eigenvalue weighted by atomic mass is 10.1. The molecule has 2 N–H and O–H groups in total. The van der Waals surface area contributed by atoms with E-state index >= 15 is 0 Å². The molecule has 0 amide bonds. The van der Waals surface area contributed by atoms with Crippen molar-refractivity contribution in [2.45, 2.75) is 96.5 Å². The topological polar surface area (TPSA) is 119 Å². The third-order valence-corrected chi connectivity index (χ3v) is 6.20. The van der Waals surface area contributed by atoms with Crippen molar-refractivity contribution in [1.82, 2.24) is 0 Å². The van der Waals surface area contributed by atoms with Crippen LogP contribution in [-0.4, -0.2) is 73.4 Å². The first-order valence-electron chi connectivity index (χ1n) is 12.3. The smallest absolute Gasteiger partial charge is 0.472 e. The number of nitrogens with zero attached hydrogens (tertiary/aromatic N) is 1. The third-order valence-electron chi connectivity index (χ3n) is 5.22. The van der Waals surface area contributed by atoms with Crippen molar-refractivity contribution in [3.63, 3.8) is 0 Å². The van der Waals surface area contributed by atoms with Gasteiger partial charge in [0.1, 0.15) is 19.3 Å². The summed E-state index contributed by atoms with van der Waals surface area (Å²) in [7, 11) is 1.69. The number of rotatable bonds is 22. The van der Waals surface area contributed by atoms with Crippen LogP contribution in [0.5, 0.6) is 0 Å². The Hall–Kier alpha value is -0.990. The van der Waals surface area contributed by atoms with Crippen LogP contribution in [0.4, 0.5) is 0 Å². The van der Waals surface area contributed by atoms with Gasteiger partial charge in [0.05, 0.1) is 27.7 Å². The maximum atomic E-state index is 12.0. The first-order valence-corrected chi connectivity index (χ1v) is 13.8. The molecule has 196 valence electrons. The van der Waals surface area contributed by atoms with Crippen LogP contribution in [0.2, 0.25) is 0 Å². The number of unbranched alkanes of at least 4 members (excludes halogenated alkanes) is 9. The van der Waals surface area contributed by atoms with Gasteiger partial charge in [-0.2, -0.15) is 0 Å². The molecular weight excluding hydrogens is 449 g/mol. The van der Waals surface area contributed by atoms with Gasteiger partial charge in [-0.25, -0.2) is 4.57 Å². The Morgan fingerprint density at radius 3 is 1.79 bits per heavy atom. The second-order valence-corrected chi connectivity index (χ2v) is 11.0. The number of phosphoric acid groups is 1. The molecule has 33 heavy (non-hydrogen) atoms. The van der Waals surface area contributed by atoms with Gasteiger partial charge < -0.3 is 19.2 Å².